The molecule has 0 unspecified atom stereocenters. The van der Waals surface area contributed by atoms with Crippen LogP contribution in [0, 0.1) is 17.0 Å². The van der Waals surface area contributed by atoms with Crippen LogP contribution in [0.15, 0.2) is 11.0 Å². The SMILES string of the molecule is Cc1c([N+](=O)[O-])c[nH]c(=O)c1OC(F)(F)F. The summed E-state index contributed by atoms with van der Waals surface area (Å²) in [4.78, 5) is 22.3. The molecule has 0 amide bonds. The van der Waals surface area contributed by atoms with Crippen LogP contribution in [0.4, 0.5) is 18.9 Å². The minimum atomic E-state index is -5.08. The first-order valence-corrected chi connectivity index (χ1v) is 3.85. The number of nitro groups is 1. The zero-order valence-corrected chi connectivity index (χ0v) is 7.79. The fourth-order valence-corrected chi connectivity index (χ4v) is 1.02. The Labute approximate surface area is 85.8 Å². The number of aromatic nitrogens is 1. The van der Waals surface area contributed by atoms with Crippen LogP contribution in [-0.4, -0.2) is 16.3 Å². The van der Waals surface area contributed by atoms with E-state index in [1.807, 2.05) is 0 Å². The smallest absolute Gasteiger partial charge is 0.399 e. The molecule has 0 aromatic carbocycles. The maximum absolute atomic E-state index is 11.9. The van der Waals surface area contributed by atoms with Gasteiger partial charge in [0.15, 0.2) is 0 Å². The average Bonchev–Trinajstić information content (AvgIpc) is 2.10. The summed E-state index contributed by atoms with van der Waals surface area (Å²) in [6, 6.07) is 0. The van der Waals surface area contributed by atoms with Crippen LogP contribution in [0.5, 0.6) is 5.75 Å². The molecule has 0 saturated heterocycles. The van der Waals surface area contributed by atoms with Crippen molar-refractivity contribution in [3.63, 3.8) is 0 Å². The van der Waals surface area contributed by atoms with Gasteiger partial charge in [0.25, 0.3) is 11.2 Å². The van der Waals surface area contributed by atoms with Gasteiger partial charge in [0.1, 0.15) is 0 Å². The zero-order chi connectivity index (χ0) is 12.5. The van der Waals surface area contributed by atoms with Crippen molar-refractivity contribution in [2.45, 2.75) is 13.3 Å². The lowest BCUT2D eigenvalue weighted by Gasteiger charge is -2.09. The minimum absolute atomic E-state index is 0.480. The number of rotatable bonds is 2. The van der Waals surface area contributed by atoms with Gasteiger partial charge in [0.2, 0.25) is 5.75 Å². The molecule has 0 bridgehead atoms. The van der Waals surface area contributed by atoms with Crippen molar-refractivity contribution in [3.8, 4) is 5.75 Å². The summed E-state index contributed by atoms with van der Waals surface area (Å²) in [5.41, 5.74) is -2.31. The monoisotopic (exact) mass is 238 g/mol. The Hall–Kier alpha value is -2.06. The Morgan fingerprint density at radius 2 is 2.06 bits per heavy atom. The minimum Gasteiger partial charge on any atom is -0.399 e. The molecular weight excluding hydrogens is 233 g/mol. The number of hydrogen-bond acceptors (Lipinski definition) is 4. The van der Waals surface area contributed by atoms with E-state index in [1.54, 1.807) is 4.98 Å². The number of nitrogens with one attached hydrogen (secondary N) is 1. The number of nitrogens with zero attached hydrogens (tertiary/aromatic N) is 1. The largest absolute Gasteiger partial charge is 0.573 e. The summed E-state index contributed by atoms with van der Waals surface area (Å²) in [5, 5.41) is 10.4. The van der Waals surface area contributed by atoms with Crippen LogP contribution < -0.4 is 10.3 Å². The van der Waals surface area contributed by atoms with Gasteiger partial charge in [-0.15, -0.1) is 13.2 Å². The van der Waals surface area contributed by atoms with E-state index in [2.05, 4.69) is 4.74 Å². The molecule has 0 saturated carbocycles. The highest BCUT2D eigenvalue weighted by Crippen LogP contribution is 2.27. The molecule has 0 spiro atoms. The number of pyridine rings is 1. The fourth-order valence-electron chi connectivity index (χ4n) is 1.02. The molecule has 1 N–H and O–H groups in total. The third-order valence-corrected chi connectivity index (χ3v) is 1.69. The zero-order valence-electron chi connectivity index (χ0n) is 7.79. The van der Waals surface area contributed by atoms with E-state index in [-0.39, 0.29) is 0 Å². The average molecular weight is 238 g/mol. The van der Waals surface area contributed by atoms with E-state index in [9.17, 15) is 28.1 Å². The molecule has 1 aromatic heterocycles. The van der Waals surface area contributed by atoms with Crippen molar-refractivity contribution in [1.29, 1.82) is 0 Å². The quantitative estimate of drug-likeness (QED) is 0.624. The lowest BCUT2D eigenvalue weighted by atomic mass is 10.2. The summed E-state index contributed by atoms with van der Waals surface area (Å²) in [6.07, 6.45) is -4.37. The Balaban J connectivity index is 3.33. The third-order valence-electron chi connectivity index (χ3n) is 1.69. The lowest BCUT2D eigenvalue weighted by Crippen LogP contribution is -2.24. The highest BCUT2D eigenvalue weighted by Gasteiger charge is 2.34. The molecule has 88 valence electrons. The Morgan fingerprint density at radius 1 is 1.50 bits per heavy atom. The second-order valence-electron chi connectivity index (χ2n) is 2.76. The first-order chi connectivity index (χ1) is 7.22. The number of ether oxygens (including phenoxy) is 1. The molecule has 0 fully saturated rings. The predicted molar refractivity (Wildman–Crippen MR) is 45.1 cm³/mol. The molecule has 9 heteroatoms. The summed E-state index contributed by atoms with van der Waals surface area (Å²) < 4.78 is 39.1. The molecule has 1 heterocycles. The van der Waals surface area contributed by atoms with E-state index < -0.39 is 33.8 Å². The molecule has 16 heavy (non-hydrogen) atoms. The summed E-state index contributed by atoms with van der Waals surface area (Å²) in [7, 11) is 0. The summed E-state index contributed by atoms with van der Waals surface area (Å²) >= 11 is 0. The molecule has 1 rings (SSSR count). The van der Waals surface area contributed by atoms with Gasteiger partial charge >= 0.3 is 6.36 Å². The number of H-pyrrole nitrogens is 1. The van der Waals surface area contributed by atoms with Gasteiger partial charge in [-0.05, 0) is 6.92 Å². The molecule has 1 aromatic rings. The van der Waals surface area contributed by atoms with Crippen LogP contribution in [-0.2, 0) is 0 Å². The standard InChI is InChI=1S/C7H5F3N2O4/c1-3-4(12(14)15)2-11-6(13)5(3)16-7(8,9)10/h2H,1H3,(H,11,13). The highest BCUT2D eigenvalue weighted by molar-refractivity contribution is 5.45. The molecule has 0 atom stereocenters. The molecule has 6 nitrogen and oxygen atoms in total. The molecule has 0 aliphatic rings. The van der Waals surface area contributed by atoms with Crippen molar-refractivity contribution >= 4 is 5.69 Å². The topological polar surface area (TPSA) is 85.2 Å². The van der Waals surface area contributed by atoms with E-state index >= 15 is 0 Å². The fraction of sp³-hybridized carbons (Fsp3) is 0.286. The van der Waals surface area contributed by atoms with E-state index in [0.717, 1.165) is 6.92 Å². The number of hydrogen-bond donors (Lipinski definition) is 1. The van der Waals surface area contributed by atoms with Crippen molar-refractivity contribution in [1.82, 2.24) is 4.98 Å². The van der Waals surface area contributed by atoms with E-state index in [0.29, 0.717) is 6.20 Å². The van der Waals surface area contributed by atoms with Crippen molar-refractivity contribution < 1.29 is 22.8 Å². The molecule has 0 radical (unpaired) electrons. The lowest BCUT2D eigenvalue weighted by molar-refractivity contribution is -0.386. The second kappa shape index (κ2) is 3.83. The second-order valence-corrected chi connectivity index (χ2v) is 2.76. The molecule has 0 aliphatic carbocycles. The maximum Gasteiger partial charge on any atom is 0.573 e. The first-order valence-electron chi connectivity index (χ1n) is 3.85. The van der Waals surface area contributed by atoms with Gasteiger partial charge in [0.05, 0.1) is 16.7 Å². The van der Waals surface area contributed by atoms with Gasteiger partial charge in [-0.25, -0.2) is 0 Å². The van der Waals surface area contributed by atoms with Crippen molar-refractivity contribution in [3.05, 3.63) is 32.2 Å². The van der Waals surface area contributed by atoms with Crippen molar-refractivity contribution in [2.24, 2.45) is 0 Å². The third kappa shape index (κ3) is 2.49. The van der Waals surface area contributed by atoms with Crippen LogP contribution in [0.1, 0.15) is 5.56 Å². The van der Waals surface area contributed by atoms with Gasteiger partial charge in [-0.1, -0.05) is 0 Å². The Kier molecular flexibility index (Phi) is 2.88. The number of alkyl halides is 3. The maximum atomic E-state index is 11.9. The van der Waals surface area contributed by atoms with Gasteiger partial charge in [0, 0.05) is 0 Å². The van der Waals surface area contributed by atoms with E-state index in [1.165, 1.54) is 0 Å². The van der Waals surface area contributed by atoms with Crippen LogP contribution >= 0.6 is 0 Å². The summed E-state index contributed by atoms with van der Waals surface area (Å²) in [6.45, 7) is 0.994. The predicted octanol–water partition coefficient (Wildman–Crippen LogP) is 1.49. The molecule has 0 aliphatic heterocycles. The van der Waals surface area contributed by atoms with E-state index in [4.69, 9.17) is 0 Å². The van der Waals surface area contributed by atoms with Gasteiger partial charge in [-0.2, -0.15) is 0 Å². The normalized spacial score (nSPS) is 11.2. The van der Waals surface area contributed by atoms with Crippen molar-refractivity contribution in [2.75, 3.05) is 0 Å². The van der Waals surface area contributed by atoms with Crippen LogP contribution in [0.2, 0.25) is 0 Å². The van der Waals surface area contributed by atoms with Gasteiger partial charge in [-0.3, -0.25) is 14.9 Å². The van der Waals surface area contributed by atoms with Crippen LogP contribution in [0.25, 0.3) is 0 Å². The Morgan fingerprint density at radius 3 is 2.50 bits per heavy atom. The van der Waals surface area contributed by atoms with Gasteiger partial charge < -0.3 is 9.72 Å². The Bertz CT molecular complexity index is 480. The first kappa shape index (κ1) is 12.0. The molecular formula is C7H5F3N2O4. The highest BCUT2D eigenvalue weighted by atomic mass is 19.4. The van der Waals surface area contributed by atoms with Crippen LogP contribution in [0.3, 0.4) is 0 Å². The number of aromatic amines is 1. The summed E-state index contributed by atoms with van der Waals surface area (Å²) in [5.74, 6) is -1.12. The number of halogens is 3.